The molecular weight excluding hydrogens is 308 g/mol. The molecule has 2 rings (SSSR count). The first-order valence-electron chi connectivity index (χ1n) is 7.53. The molecule has 0 aliphatic rings. The first-order chi connectivity index (χ1) is 11.3. The van der Waals surface area contributed by atoms with E-state index in [1.165, 1.54) is 24.5 Å². The fourth-order valence-electron chi connectivity index (χ4n) is 2.20. The molecule has 0 saturated carbocycles. The molecule has 0 fully saturated rings. The minimum atomic E-state index is -0.964. The number of nitrogens with zero attached hydrogens (tertiary/aromatic N) is 1. The van der Waals surface area contributed by atoms with Gasteiger partial charge >= 0.3 is 5.97 Å². The van der Waals surface area contributed by atoms with Crippen molar-refractivity contribution in [1.29, 1.82) is 0 Å². The number of amides is 1. The molecule has 0 aliphatic carbocycles. The van der Waals surface area contributed by atoms with Crippen molar-refractivity contribution in [2.75, 3.05) is 5.32 Å². The predicted octanol–water partition coefficient (Wildman–Crippen LogP) is 2.72. The molecule has 1 N–H and O–H groups in total. The van der Waals surface area contributed by atoms with Crippen LogP contribution in [0.2, 0.25) is 0 Å². The minimum absolute atomic E-state index is 0.144. The van der Waals surface area contributed by atoms with Gasteiger partial charge in [-0.3, -0.25) is 9.59 Å². The Morgan fingerprint density at radius 2 is 1.92 bits per heavy atom. The topological polar surface area (TPSA) is 77.4 Å². The van der Waals surface area contributed by atoms with Crippen LogP contribution in [0.25, 0.3) is 0 Å². The molecule has 1 aromatic carbocycles. The van der Waals surface area contributed by atoms with E-state index in [0.717, 1.165) is 5.56 Å². The van der Waals surface area contributed by atoms with E-state index >= 15 is 0 Å². The number of rotatable bonds is 5. The van der Waals surface area contributed by atoms with Gasteiger partial charge in [-0.05, 0) is 44.5 Å². The lowest BCUT2D eigenvalue weighted by Gasteiger charge is -2.14. The van der Waals surface area contributed by atoms with Gasteiger partial charge in [0.05, 0.1) is 0 Å². The number of hydrogen-bond donors (Lipinski definition) is 1. The lowest BCUT2D eigenvalue weighted by molar-refractivity contribution is -0.123. The van der Waals surface area contributed by atoms with E-state index < -0.39 is 18.0 Å². The Morgan fingerprint density at radius 3 is 2.50 bits per heavy atom. The summed E-state index contributed by atoms with van der Waals surface area (Å²) in [5, 5.41) is 2.70. The summed E-state index contributed by atoms with van der Waals surface area (Å²) >= 11 is 0. The van der Waals surface area contributed by atoms with Crippen LogP contribution in [-0.2, 0) is 16.6 Å². The van der Waals surface area contributed by atoms with E-state index in [1.807, 2.05) is 25.1 Å². The average molecular weight is 328 g/mol. The second kappa shape index (κ2) is 7.12. The molecule has 0 bridgehead atoms. The maximum atomic E-state index is 12.2. The van der Waals surface area contributed by atoms with Crippen molar-refractivity contribution in [3.05, 3.63) is 53.3 Å². The molecule has 0 spiro atoms. The third kappa shape index (κ3) is 4.10. The summed E-state index contributed by atoms with van der Waals surface area (Å²) < 4.78 is 6.70. The van der Waals surface area contributed by atoms with Crippen molar-refractivity contribution >= 4 is 23.3 Å². The fourth-order valence-corrected chi connectivity index (χ4v) is 2.20. The van der Waals surface area contributed by atoms with Crippen molar-refractivity contribution in [3.63, 3.8) is 0 Å². The number of nitrogens with one attached hydrogen (secondary N) is 1. The van der Waals surface area contributed by atoms with Crippen molar-refractivity contribution in [1.82, 2.24) is 4.57 Å². The van der Waals surface area contributed by atoms with E-state index in [2.05, 4.69) is 5.32 Å². The van der Waals surface area contributed by atoms with Crippen LogP contribution in [0.3, 0.4) is 0 Å². The van der Waals surface area contributed by atoms with Crippen molar-refractivity contribution in [2.24, 2.45) is 7.05 Å². The second-order valence-corrected chi connectivity index (χ2v) is 5.69. The van der Waals surface area contributed by atoms with Gasteiger partial charge < -0.3 is 14.6 Å². The Morgan fingerprint density at radius 1 is 1.21 bits per heavy atom. The Balaban J connectivity index is 2.03. The summed E-state index contributed by atoms with van der Waals surface area (Å²) in [5.74, 6) is -1.22. The highest BCUT2D eigenvalue weighted by atomic mass is 16.5. The Hall–Kier alpha value is -2.89. The van der Waals surface area contributed by atoms with Crippen LogP contribution < -0.4 is 5.32 Å². The van der Waals surface area contributed by atoms with Gasteiger partial charge in [-0.1, -0.05) is 12.1 Å². The number of anilines is 1. The molecule has 6 nitrogen and oxygen atoms in total. The molecule has 24 heavy (non-hydrogen) atoms. The standard InChI is InChI=1S/C18H20N2O4/c1-11-6-5-7-15(8-11)19-17(22)13(3)24-18(23)16-9-14(12(2)21)10-20(16)4/h5-10,13H,1-4H3,(H,19,22)/t13-/m0/s1. The molecule has 6 heteroatoms. The summed E-state index contributed by atoms with van der Waals surface area (Å²) in [6, 6.07) is 8.78. The van der Waals surface area contributed by atoms with E-state index in [9.17, 15) is 14.4 Å². The number of ether oxygens (including phenoxy) is 1. The lowest BCUT2D eigenvalue weighted by atomic mass is 10.2. The average Bonchev–Trinajstić information content (AvgIpc) is 2.89. The Kier molecular flexibility index (Phi) is 5.18. The maximum Gasteiger partial charge on any atom is 0.355 e. The van der Waals surface area contributed by atoms with Crippen molar-refractivity contribution in [3.8, 4) is 0 Å². The number of ketones is 1. The van der Waals surface area contributed by atoms with Crippen LogP contribution in [-0.4, -0.2) is 28.3 Å². The summed E-state index contributed by atoms with van der Waals surface area (Å²) in [5.41, 5.74) is 2.29. The van der Waals surface area contributed by atoms with Gasteiger partial charge in [-0.25, -0.2) is 4.79 Å². The highest BCUT2D eigenvalue weighted by molar-refractivity contribution is 5.99. The molecule has 0 unspecified atom stereocenters. The highest BCUT2D eigenvalue weighted by Crippen LogP contribution is 2.13. The zero-order valence-electron chi connectivity index (χ0n) is 14.1. The third-order valence-electron chi connectivity index (χ3n) is 3.56. The zero-order valence-corrected chi connectivity index (χ0v) is 14.1. The number of hydrogen-bond acceptors (Lipinski definition) is 4. The smallest absolute Gasteiger partial charge is 0.355 e. The van der Waals surface area contributed by atoms with Crippen LogP contribution in [0.4, 0.5) is 5.69 Å². The maximum absolute atomic E-state index is 12.2. The highest BCUT2D eigenvalue weighted by Gasteiger charge is 2.22. The number of aromatic nitrogens is 1. The molecule has 1 amide bonds. The van der Waals surface area contributed by atoms with Gasteiger partial charge in [0.15, 0.2) is 11.9 Å². The number of Topliss-reactive ketones (excluding diaryl/α,β-unsaturated/α-hetero) is 1. The monoisotopic (exact) mass is 328 g/mol. The Bertz CT molecular complexity index is 792. The van der Waals surface area contributed by atoms with E-state index in [-0.39, 0.29) is 11.5 Å². The fraction of sp³-hybridized carbons (Fsp3) is 0.278. The SMILES string of the molecule is CC(=O)c1cc(C(=O)O[C@@H](C)C(=O)Nc2cccc(C)c2)n(C)c1. The Labute approximate surface area is 140 Å². The largest absolute Gasteiger partial charge is 0.448 e. The van der Waals surface area contributed by atoms with Crippen LogP contribution >= 0.6 is 0 Å². The second-order valence-electron chi connectivity index (χ2n) is 5.69. The predicted molar refractivity (Wildman–Crippen MR) is 90.1 cm³/mol. The molecule has 0 radical (unpaired) electrons. The van der Waals surface area contributed by atoms with Crippen LogP contribution in [0, 0.1) is 6.92 Å². The van der Waals surface area contributed by atoms with Gasteiger partial charge in [0.1, 0.15) is 5.69 Å². The van der Waals surface area contributed by atoms with E-state index in [4.69, 9.17) is 4.74 Å². The summed E-state index contributed by atoms with van der Waals surface area (Å²) in [6.07, 6.45) is 0.588. The van der Waals surface area contributed by atoms with Gasteiger partial charge in [0, 0.05) is 24.5 Å². The molecular formula is C18H20N2O4. The lowest BCUT2D eigenvalue weighted by Crippen LogP contribution is -2.30. The molecule has 1 aromatic heterocycles. The summed E-state index contributed by atoms with van der Waals surface area (Å²) in [4.78, 5) is 35.7. The first-order valence-corrected chi connectivity index (χ1v) is 7.53. The molecule has 126 valence electrons. The van der Waals surface area contributed by atoms with Crippen molar-refractivity contribution < 1.29 is 19.1 Å². The van der Waals surface area contributed by atoms with Crippen LogP contribution in [0.5, 0.6) is 0 Å². The van der Waals surface area contributed by atoms with Crippen LogP contribution in [0.15, 0.2) is 36.5 Å². The van der Waals surface area contributed by atoms with E-state index in [0.29, 0.717) is 11.3 Å². The van der Waals surface area contributed by atoms with Gasteiger partial charge in [0.2, 0.25) is 0 Å². The van der Waals surface area contributed by atoms with E-state index in [1.54, 1.807) is 19.3 Å². The number of carbonyl (C=O) groups is 3. The number of esters is 1. The first kappa shape index (κ1) is 17.5. The molecule has 0 saturated heterocycles. The molecule has 2 aromatic rings. The quantitative estimate of drug-likeness (QED) is 0.676. The van der Waals surface area contributed by atoms with Gasteiger partial charge in [-0.15, -0.1) is 0 Å². The third-order valence-corrected chi connectivity index (χ3v) is 3.56. The number of carbonyl (C=O) groups excluding carboxylic acids is 3. The zero-order chi connectivity index (χ0) is 17.9. The molecule has 1 atom stereocenters. The number of benzene rings is 1. The van der Waals surface area contributed by atoms with Gasteiger partial charge in [-0.2, -0.15) is 0 Å². The minimum Gasteiger partial charge on any atom is -0.448 e. The molecule has 0 aliphatic heterocycles. The number of aryl methyl sites for hydroxylation is 2. The summed E-state index contributed by atoms with van der Waals surface area (Å²) in [6.45, 7) is 4.83. The normalized spacial score (nSPS) is 11.7. The molecule has 1 heterocycles. The van der Waals surface area contributed by atoms with Crippen molar-refractivity contribution in [2.45, 2.75) is 26.9 Å². The van der Waals surface area contributed by atoms with Gasteiger partial charge in [0.25, 0.3) is 5.91 Å². The summed E-state index contributed by atoms with van der Waals surface area (Å²) in [7, 11) is 1.64. The van der Waals surface area contributed by atoms with Crippen LogP contribution in [0.1, 0.15) is 40.3 Å².